The topological polar surface area (TPSA) is 70.7 Å². The molecule has 0 saturated heterocycles. The lowest BCUT2D eigenvalue weighted by molar-refractivity contribution is 0.364. The van der Waals surface area contributed by atoms with Crippen LogP contribution in [-0.4, -0.2) is 14.8 Å². The van der Waals surface area contributed by atoms with E-state index in [1.54, 1.807) is 0 Å². The predicted octanol–water partition coefficient (Wildman–Crippen LogP) is 2.08. The SMILES string of the molecule is CC(C)CC(CCc1ccccc1)n1c(=O)[nH][nH]c1=O. The molecule has 0 radical (unpaired) electrons. The monoisotopic (exact) mass is 275 g/mol. The Labute approximate surface area is 117 Å². The summed E-state index contributed by atoms with van der Waals surface area (Å²) in [5, 5.41) is 4.72. The van der Waals surface area contributed by atoms with Crippen LogP contribution in [0.2, 0.25) is 0 Å². The molecule has 0 saturated carbocycles. The van der Waals surface area contributed by atoms with E-state index in [2.05, 4.69) is 36.2 Å². The van der Waals surface area contributed by atoms with Gasteiger partial charge in [-0.2, -0.15) is 0 Å². The average molecular weight is 275 g/mol. The van der Waals surface area contributed by atoms with Gasteiger partial charge in [0.05, 0.1) is 0 Å². The van der Waals surface area contributed by atoms with Gasteiger partial charge in [0, 0.05) is 6.04 Å². The van der Waals surface area contributed by atoms with E-state index in [0.717, 1.165) is 19.3 Å². The van der Waals surface area contributed by atoms with Crippen LogP contribution in [0.15, 0.2) is 39.9 Å². The summed E-state index contributed by atoms with van der Waals surface area (Å²) in [5.41, 5.74) is 0.517. The van der Waals surface area contributed by atoms with E-state index in [-0.39, 0.29) is 17.4 Å². The van der Waals surface area contributed by atoms with Crippen LogP contribution < -0.4 is 11.4 Å². The van der Waals surface area contributed by atoms with Gasteiger partial charge >= 0.3 is 11.4 Å². The molecular weight excluding hydrogens is 254 g/mol. The van der Waals surface area contributed by atoms with Gasteiger partial charge in [0.15, 0.2) is 0 Å². The molecule has 0 aliphatic carbocycles. The summed E-state index contributed by atoms with van der Waals surface area (Å²) in [7, 11) is 0. The molecule has 2 rings (SSSR count). The number of aromatic nitrogens is 3. The summed E-state index contributed by atoms with van der Waals surface area (Å²) in [6.45, 7) is 4.20. The Morgan fingerprint density at radius 1 is 1.05 bits per heavy atom. The number of hydrogen-bond donors (Lipinski definition) is 2. The van der Waals surface area contributed by atoms with Crippen LogP contribution in [0, 0.1) is 5.92 Å². The highest BCUT2D eigenvalue weighted by Crippen LogP contribution is 2.20. The number of benzene rings is 1. The Kier molecular flexibility index (Phi) is 4.61. The molecule has 1 aromatic carbocycles. The van der Waals surface area contributed by atoms with E-state index in [0.29, 0.717) is 5.92 Å². The summed E-state index contributed by atoms with van der Waals surface area (Å²) in [5.74, 6) is 0.428. The number of rotatable bonds is 6. The fraction of sp³-hybridized carbons (Fsp3) is 0.467. The van der Waals surface area contributed by atoms with E-state index in [1.807, 2.05) is 18.2 Å². The molecule has 5 nitrogen and oxygen atoms in total. The lowest BCUT2D eigenvalue weighted by Crippen LogP contribution is -2.32. The molecule has 0 fully saturated rings. The van der Waals surface area contributed by atoms with Crippen molar-refractivity contribution >= 4 is 0 Å². The molecule has 0 aliphatic heterocycles. The summed E-state index contributed by atoms with van der Waals surface area (Å²) >= 11 is 0. The molecule has 0 amide bonds. The average Bonchev–Trinajstić information content (AvgIpc) is 2.75. The fourth-order valence-corrected chi connectivity index (χ4v) is 2.53. The van der Waals surface area contributed by atoms with Gasteiger partial charge in [-0.05, 0) is 30.7 Å². The number of nitrogens with one attached hydrogen (secondary N) is 2. The first kappa shape index (κ1) is 14.4. The van der Waals surface area contributed by atoms with Crippen LogP contribution in [-0.2, 0) is 6.42 Å². The molecule has 1 atom stereocenters. The van der Waals surface area contributed by atoms with Crippen LogP contribution in [0.4, 0.5) is 0 Å². The zero-order valence-electron chi connectivity index (χ0n) is 11.9. The van der Waals surface area contributed by atoms with Gasteiger partial charge in [-0.15, -0.1) is 0 Å². The number of aryl methyl sites for hydroxylation is 1. The van der Waals surface area contributed by atoms with Crippen molar-refractivity contribution in [3.05, 3.63) is 56.9 Å². The molecule has 0 bridgehead atoms. The standard InChI is InChI=1S/C15H21N3O2/c1-11(2)10-13(18-14(19)16-17-15(18)20)9-8-12-6-4-3-5-7-12/h3-7,11,13H,8-10H2,1-2H3,(H,16,19)(H,17,20). The zero-order valence-corrected chi connectivity index (χ0v) is 11.9. The van der Waals surface area contributed by atoms with Gasteiger partial charge in [0.25, 0.3) is 0 Å². The van der Waals surface area contributed by atoms with Crippen molar-refractivity contribution in [2.45, 2.75) is 39.2 Å². The maximum absolute atomic E-state index is 11.8. The first-order valence-corrected chi connectivity index (χ1v) is 7.01. The maximum atomic E-state index is 11.8. The first-order chi connectivity index (χ1) is 9.58. The third kappa shape index (κ3) is 3.50. The van der Waals surface area contributed by atoms with Gasteiger partial charge in [0.2, 0.25) is 0 Å². The highest BCUT2D eigenvalue weighted by molar-refractivity contribution is 5.14. The quantitative estimate of drug-likeness (QED) is 0.847. The van der Waals surface area contributed by atoms with Crippen LogP contribution in [0.1, 0.15) is 38.3 Å². The van der Waals surface area contributed by atoms with Crippen LogP contribution in [0.5, 0.6) is 0 Å². The fourth-order valence-electron chi connectivity index (χ4n) is 2.53. The Morgan fingerprint density at radius 2 is 1.65 bits per heavy atom. The van der Waals surface area contributed by atoms with Gasteiger partial charge < -0.3 is 0 Å². The van der Waals surface area contributed by atoms with Gasteiger partial charge in [-0.25, -0.2) is 24.4 Å². The molecule has 108 valence electrons. The molecule has 0 spiro atoms. The lowest BCUT2D eigenvalue weighted by Gasteiger charge is -2.18. The Hall–Kier alpha value is -2.04. The van der Waals surface area contributed by atoms with Crippen molar-refractivity contribution in [1.82, 2.24) is 14.8 Å². The Bertz CT molecular complexity index is 609. The molecule has 1 aromatic heterocycles. The minimum atomic E-state index is -0.353. The molecular formula is C15H21N3O2. The number of nitrogens with zero attached hydrogens (tertiary/aromatic N) is 1. The van der Waals surface area contributed by atoms with Crippen LogP contribution in [0.25, 0.3) is 0 Å². The van der Waals surface area contributed by atoms with E-state index < -0.39 is 0 Å². The van der Waals surface area contributed by atoms with Crippen molar-refractivity contribution in [2.24, 2.45) is 5.92 Å². The third-order valence-electron chi connectivity index (χ3n) is 3.43. The summed E-state index contributed by atoms with van der Waals surface area (Å²) in [4.78, 5) is 23.5. The largest absolute Gasteiger partial charge is 0.344 e. The summed E-state index contributed by atoms with van der Waals surface area (Å²) in [6, 6.07) is 10.0. The summed E-state index contributed by atoms with van der Waals surface area (Å²) in [6.07, 6.45) is 2.45. The number of H-pyrrole nitrogens is 2. The van der Waals surface area contributed by atoms with Gasteiger partial charge in [-0.1, -0.05) is 44.2 Å². The highest BCUT2D eigenvalue weighted by atomic mass is 16.2. The van der Waals surface area contributed by atoms with Crippen molar-refractivity contribution in [1.29, 1.82) is 0 Å². The number of aromatic amines is 2. The number of hydrogen-bond acceptors (Lipinski definition) is 2. The molecule has 0 aliphatic rings. The smallest absolute Gasteiger partial charge is 0.247 e. The normalized spacial score (nSPS) is 12.8. The minimum absolute atomic E-state index is 0.0716. The predicted molar refractivity (Wildman–Crippen MR) is 78.9 cm³/mol. The van der Waals surface area contributed by atoms with Gasteiger partial charge in [-0.3, -0.25) is 0 Å². The second kappa shape index (κ2) is 6.41. The molecule has 20 heavy (non-hydrogen) atoms. The second-order valence-electron chi connectivity index (χ2n) is 5.54. The summed E-state index contributed by atoms with van der Waals surface area (Å²) < 4.78 is 1.31. The third-order valence-corrected chi connectivity index (χ3v) is 3.43. The molecule has 1 unspecified atom stereocenters. The maximum Gasteiger partial charge on any atom is 0.344 e. The van der Waals surface area contributed by atoms with E-state index in [9.17, 15) is 9.59 Å². The van der Waals surface area contributed by atoms with E-state index in [4.69, 9.17) is 0 Å². The molecule has 2 aromatic rings. The molecule has 1 heterocycles. The highest BCUT2D eigenvalue weighted by Gasteiger charge is 2.18. The van der Waals surface area contributed by atoms with Crippen molar-refractivity contribution in [2.75, 3.05) is 0 Å². The molecule has 5 heteroatoms. The van der Waals surface area contributed by atoms with Crippen molar-refractivity contribution in [3.8, 4) is 0 Å². The first-order valence-electron chi connectivity index (χ1n) is 7.01. The van der Waals surface area contributed by atoms with Crippen LogP contribution >= 0.6 is 0 Å². The Balaban J connectivity index is 2.16. The van der Waals surface area contributed by atoms with Crippen molar-refractivity contribution < 1.29 is 0 Å². The lowest BCUT2D eigenvalue weighted by atomic mass is 9.97. The van der Waals surface area contributed by atoms with E-state index >= 15 is 0 Å². The second-order valence-corrected chi connectivity index (χ2v) is 5.54. The molecule has 2 N–H and O–H groups in total. The minimum Gasteiger partial charge on any atom is -0.247 e. The zero-order chi connectivity index (χ0) is 14.5. The van der Waals surface area contributed by atoms with Gasteiger partial charge in [0.1, 0.15) is 0 Å². The van der Waals surface area contributed by atoms with Crippen LogP contribution in [0.3, 0.4) is 0 Å². The van der Waals surface area contributed by atoms with Crippen molar-refractivity contribution in [3.63, 3.8) is 0 Å². The Morgan fingerprint density at radius 3 is 2.20 bits per heavy atom. The van der Waals surface area contributed by atoms with E-state index in [1.165, 1.54) is 10.1 Å².